The SMILES string of the molecule is Cc1cc(NCCCN(C)C)nc(NCc2ccco2)n1. The Balaban J connectivity index is 1.87. The highest BCUT2D eigenvalue weighted by molar-refractivity contribution is 5.42. The zero-order valence-electron chi connectivity index (χ0n) is 12.9. The van der Waals surface area contributed by atoms with E-state index in [9.17, 15) is 0 Å². The van der Waals surface area contributed by atoms with E-state index in [1.165, 1.54) is 0 Å². The molecule has 0 unspecified atom stereocenters. The zero-order valence-corrected chi connectivity index (χ0v) is 12.9. The van der Waals surface area contributed by atoms with Crippen LogP contribution in [0, 0.1) is 6.92 Å². The molecule has 0 spiro atoms. The molecule has 114 valence electrons. The van der Waals surface area contributed by atoms with E-state index in [2.05, 4.69) is 39.6 Å². The standard InChI is InChI=1S/C15H23N5O/c1-12-10-14(16-7-5-8-20(2)3)19-15(18-12)17-11-13-6-4-9-21-13/h4,6,9-10H,5,7-8,11H2,1-3H3,(H2,16,17,18,19). The Kier molecular flexibility index (Phi) is 5.57. The van der Waals surface area contributed by atoms with Crippen LogP contribution in [0.15, 0.2) is 28.9 Å². The molecule has 2 aromatic rings. The summed E-state index contributed by atoms with van der Waals surface area (Å²) in [5.41, 5.74) is 0.932. The van der Waals surface area contributed by atoms with Gasteiger partial charge < -0.3 is 20.0 Å². The number of hydrogen-bond acceptors (Lipinski definition) is 6. The second-order valence-corrected chi connectivity index (χ2v) is 5.23. The fourth-order valence-electron chi connectivity index (χ4n) is 1.93. The van der Waals surface area contributed by atoms with E-state index in [-0.39, 0.29) is 0 Å². The van der Waals surface area contributed by atoms with Gasteiger partial charge in [-0.15, -0.1) is 0 Å². The monoisotopic (exact) mass is 289 g/mol. The summed E-state index contributed by atoms with van der Waals surface area (Å²) in [4.78, 5) is 11.0. The van der Waals surface area contributed by atoms with Gasteiger partial charge in [-0.25, -0.2) is 4.98 Å². The largest absolute Gasteiger partial charge is 0.467 e. The number of nitrogens with zero attached hydrogens (tertiary/aromatic N) is 3. The fraction of sp³-hybridized carbons (Fsp3) is 0.467. The number of aryl methyl sites for hydroxylation is 1. The van der Waals surface area contributed by atoms with Crippen LogP contribution in [-0.2, 0) is 6.54 Å². The Morgan fingerprint density at radius 2 is 2.10 bits per heavy atom. The van der Waals surface area contributed by atoms with E-state index < -0.39 is 0 Å². The lowest BCUT2D eigenvalue weighted by molar-refractivity contribution is 0.405. The van der Waals surface area contributed by atoms with Crippen LogP contribution in [-0.4, -0.2) is 42.1 Å². The molecule has 0 aliphatic heterocycles. The lowest BCUT2D eigenvalue weighted by atomic mass is 10.3. The average Bonchev–Trinajstić information content (AvgIpc) is 2.94. The van der Waals surface area contributed by atoms with Crippen LogP contribution in [0.1, 0.15) is 17.9 Å². The van der Waals surface area contributed by atoms with Gasteiger partial charge in [0.05, 0.1) is 12.8 Å². The van der Waals surface area contributed by atoms with Crippen LogP contribution >= 0.6 is 0 Å². The first-order valence-electron chi connectivity index (χ1n) is 7.14. The summed E-state index contributed by atoms with van der Waals surface area (Å²) in [6, 6.07) is 5.74. The van der Waals surface area contributed by atoms with Gasteiger partial charge in [0.15, 0.2) is 0 Å². The first kappa shape index (κ1) is 15.3. The third-order valence-electron chi connectivity index (χ3n) is 2.94. The number of rotatable bonds is 8. The molecule has 0 aromatic carbocycles. The van der Waals surface area contributed by atoms with Crippen molar-refractivity contribution in [1.82, 2.24) is 14.9 Å². The molecular weight excluding hydrogens is 266 g/mol. The highest BCUT2D eigenvalue weighted by Crippen LogP contribution is 2.11. The molecular formula is C15H23N5O. The molecule has 6 nitrogen and oxygen atoms in total. The molecule has 2 rings (SSSR count). The van der Waals surface area contributed by atoms with Crippen LogP contribution in [0.25, 0.3) is 0 Å². The molecule has 0 saturated heterocycles. The molecule has 0 fully saturated rings. The zero-order chi connectivity index (χ0) is 15.1. The molecule has 0 aliphatic rings. The van der Waals surface area contributed by atoms with E-state index in [1.807, 2.05) is 25.1 Å². The minimum absolute atomic E-state index is 0.580. The Morgan fingerprint density at radius 3 is 2.81 bits per heavy atom. The molecule has 0 amide bonds. The summed E-state index contributed by atoms with van der Waals surface area (Å²) in [5.74, 6) is 2.32. The lowest BCUT2D eigenvalue weighted by Crippen LogP contribution is -2.17. The van der Waals surface area contributed by atoms with Gasteiger partial charge in [0.2, 0.25) is 5.95 Å². The molecule has 0 bridgehead atoms. The van der Waals surface area contributed by atoms with Gasteiger partial charge in [0.25, 0.3) is 0 Å². The maximum Gasteiger partial charge on any atom is 0.225 e. The summed E-state index contributed by atoms with van der Waals surface area (Å²) in [6.45, 7) is 4.49. The maximum absolute atomic E-state index is 5.28. The number of hydrogen-bond donors (Lipinski definition) is 2. The van der Waals surface area contributed by atoms with Gasteiger partial charge >= 0.3 is 0 Å². The van der Waals surface area contributed by atoms with Crippen LogP contribution in [0.4, 0.5) is 11.8 Å². The van der Waals surface area contributed by atoms with Crippen molar-refractivity contribution in [2.24, 2.45) is 0 Å². The van der Waals surface area contributed by atoms with Gasteiger partial charge in [0, 0.05) is 18.3 Å². The van der Waals surface area contributed by atoms with Crippen molar-refractivity contribution in [2.45, 2.75) is 19.9 Å². The Morgan fingerprint density at radius 1 is 1.24 bits per heavy atom. The van der Waals surface area contributed by atoms with Crippen molar-refractivity contribution < 1.29 is 4.42 Å². The third-order valence-corrected chi connectivity index (χ3v) is 2.94. The van der Waals surface area contributed by atoms with Crippen molar-refractivity contribution in [3.05, 3.63) is 35.9 Å². The minimum Gasteiger partial charge on any atom is -0.467 e. The molecule has 2 aromatic heterocycles. The summed E-state index contributed by atoms with van der Waals surface area (Å²) in [7, 11) is 4.15. The van der Waals surface area contributed by atoms with Crippen LogP contribution in [0.5, 0.6) is 0 Å². The summed E-state index contributed by atoms with van der Waals surface area (Å²) in [6.07, 6.45) is 2.73. The van der Waals surface area contributed by atoms with E-state index in [0.29, 0.717) is 12.5 Å². The maximum atomic E-state index is 5.28. The topological polar surface area (TPSA) is 66.2 Å². The minimum atomic E-state index is 0.580. The van der Waals surface area contributed by atoms with Crippen molar-refractivity contribution in [3.8, 4) is 0 Å². The van der Waals surface area contributed by atoms with Gasteiger partial charge in [-0.3, -0.25) is 0 Å². The summed E-state index contributed by atoms with van der Waals surface area (Å²) < 4.78 is 5.28. The normalized spacial score (nSPS) is 10.9. The summed E-state index contributed by atoms with van der Waals surface area (Å²) >= 11 is 0. The van der Waals surface area contributed by atoms with Crippen molar-refractivity contribution >= 4 is 11.8 Å². The number of anilines is 2. The number of furan rings is 1. The van der Waals surface area contributed by atoms with Gasteiger partial charge in [-0.1, -0.05) is 0 Å². The first-order valence-corrected chi connectivity index (χ1v) is 7.14. The molecule has 2 heterocycles. The number of aromatic nitrogens is 2. The molecule has 2 N–H and O–H groups in total. The second-order valence-electron chi connectivity index (χ2n) is 5.23. The predicted molar refractivity (Wildman–Crippen MR) is 84.5 cm³/mol. The predicted octanol–water partition coefficient (Wildman–Crippen LogP) is 2.35. The van der Waals surface area contributed by atoms with Gasteiger partial charge in [-0.2, -0.15) is 4.98 Å². The lowest BCUT2D eigenvalue weighted by Gasteiger charge is -2.11. The molecule has 0 radical (unpaired) electrons. The van der Waals surface area contributed by atoms with Gasteiger partial charge in [0.1, 0.15) is 11.6 Å². The Hall–Kier alpha value is -2.08. The van der Waals surface area contributed by atoms with Crippen molar-refractivity contribution in [2.75, 3.05) is 37.8 Å². The quantitative estimate of drug-likeness (QED) is 0.727. The molecule has 0 saturated carbocycles. The van der Waals surface area contributed by atoms with Crippen molar-refractivity contribution in [1.29, 1.82) is 0 Å². The average molecular weight is 289 g/mol. The van der Waals surface area contributed by atoms with Crippen LogP contribution in [0.2, 0.25) is 0 Å². The van der Waals surface area contributed by atoms with Crippen LogP contribution < -0.4 is 10.6 Å². The fourth-order valence-corrected chi connectivity index (χ4v) is 1.93. The first-order chi connectivity index (χ1) is 10.1. The number of nitrogens with one attached hydrogen (secondary N) is 2. The smallest absolute Gasteiger partial charge is 0.225 e. The second kappa shape index (κ2) is 7.64. The third kappa shape index (κ3) is 5.43. The van der Waals surface area contributed by atoms with E-state index >= 15 is 0 Å². The Labute approximate surface area is 125 Å². The van der Waals surface area contributed by atoms with Crippen molar-refractivity contribution in [3.63, 3.8) is 0 Å². The molecule has 21 heavy (non-hydrogen) atoms. The van der Waals surface area contributed by atoms with E-state index in [1.54, 1.807) is 6.26 Å². The molecule has 0 aliphatic carbocycles. The van der Waals surface area contributed by atoms with Crippen LogP contribution in [0.3, 0.4) is 0 Å². The van der Waals surface area contributed by atoms with Gasteiger partial charge in [-0.05, 0) is 46.1 Å². The highest BCUT2D eigenvalue weighted by atomic mass is 16.3. The Bertz CT molecular complexity index is 539. The highest BCUT2D eigenvalue weighted by Gasteiger charge is 2.03. The summed E-state index contributed by atoms with van der Waals surface area (Å²) in [5, 5.41) is 6.51. The molecule has 6 heteroatoms. The van der Waals surface area contributed by atoms with E-state index in [0.717, 1.165) is 36.8 Å². The van der Waals surface area contributed by atoms with E-state index in [4.69, 9.17) is 4.42 Å². The molecule has 0 atom stereocenters.